The van der Waals surface area contributed by atoms with E-state index in [-0.39, 0.29) is 30.3 Å². The molecule has 1 aromatic carbocycles. The highest BCUT2D eigenvalue weighted by atomic mass is 32.1. The smallest absolute Gasteiger partial charge is 0.416 e. The number of nitriles is 1. The van der Waals surface area contributed by atoms with E-state index in [1.165, 1.54) is 11.3 Å². The van der Waals surface area contributed by atoms with Crippen molar-refractivity contribution in [2.75, 3.05) is 18.0 Å². The third kappa shape index (κ3) is 7.36. The number of benzene rings is 1. The van der Waals surface area contributed by atoms with Crippen molar-refractivity contribution >= 4 is 29.0 Å². The van der Waals surface area contributed by atoms with E-state index in [4.69, 9.17) is 4.74 Å². The molecular formula is C24H27F3N4O3S. The number of hydrogen-bond acceptors (Lipinski definition) is 6. The van der Waals surface area contributed by atoms with Crippen molar-refractivity contribution in [3.63, 3.8) is 0 Å². The summed E-state index contributed by atoms with van der Waals surface area (Å²) in [4.78, 5) is 28.0. The fourth-order valence-corrected chi connectivity index (χ4v) is 4.50. The maximum atomic E-state index is 13.2. The number of alkyl carbamates (subject to hydrolysis) is 1. The predicted molar refractivity (Wildman–Crippen MR) is 126 cm³/mol. The quantitative estimate of drug-likeness (QED) is 0.601. The molecule has 0 aliphatic carbocycles. The van der Waals surface area contributed by atoms with E-state index in [2.05, 4.69) is 10.6 Å². The van der Waals surface area contributed by atoms with Gasteiger partial charge in [0.1, 0.15) is 17.7 Å². The topological polar surface area (TPSA) is 94.5 Å². The molecule has 1 fully saturated rings. The number of alkyl halides is 3. The molecule has 2 N–H and O–H groups in total. The van der Waals surface area contributed by atoms with Gasteiger partial charge in [-0.05, 0) is 56.8 Å². The van der Waals surface area contributed by atoms with Crippen molar-refractivity contribution in [3.8, 4) is 6.07 Å². The second-order valence-corrected chi connectivity index (χ2v) is 10.3. The highest BCUT2D eigenvalue weighted by Crippen LogP contribution is 2.34. The highest BCUT2D eigenvalue weighted by Gasteiger charge is 2.34. The van der Waals surface area contributed by atoms with Crippen molar-refractivity contribution in [1.29, 1.82) is 5.26 Å². The molecule has 0 saturated carbocycles. The number of thiophene rings is 1. The number of ether oxygens (including phenoxy) is 1. The Morgan fingerprint density at radius 2 is 2.03 bits per heavy atom. The van der Waals surface area contributed by atoms with Crippen LogP contribution in [-0.4, -0.2) is 42.8 Å². The summed E-state index contributed by atoms with van der Waals surface area (Å²) in [7, 11) is 0. The van der Waals surface area contributed by atoms with E-state index in [0.29, 0.717) is 13.0 Å². The van der Waals surface area contributed by atoms with Crippen molar-refractivity contribution in [1.82, 2.24) is 10.6 Å². The summed E-state index contributed by atoms with van der Waals surface area (Å²) in [5.74, 6) is -0.416. The number of halogens is 3. The van der Waals surface area contributed by atoms with Gasteiger partial charge in [-0.25, -0.2) is 4.79 Å². The lowest BCUT2D eigenvalue weighted by molar-refractivity contribution is -0.137. The molecule has 0 bridgehead atoms. The van der Waals surface area contributed by atoms with Gasteiger partial charge in [-0.1, -0.05) is 6.07 Å². The van der Waals surface area contributed by atoms with Crippen molar-refractivity contribution in [3.05, 3.63) is 51.7 Å². The molecule has 3 rings (SSSR count). The Morgan fingerprint density at radius 3 is 2.63 bits per heavy atom. The molecule has 2 heterocycles. The number of rotatable bonds is 6. The molecule has 35 heavy (non-hydrogen) atoms. The number of carbonyl (C=O) groups excluding carboxylic acids is 2. The minimum atomic E-state index is -4.53. The van der Waals surface area contributed by atoms with E-state index in [0.717, 1.165) is 23.1 Å². The van der Waals surface area contributed by atoms with Gasteiger partial charge < -0.3 is 20.3 Å². The van der Waals surface area contributed by atoms with Gasteiger partial charge in [-0.2, -0.15) is 18.4 Å². The molecule has 0 spiro atoms. The number of nitrogens with zero attached hydrogens (tertiary/aromatic N) is 2. The van der Waals surface area contributed by atoms with Crippen molar-refractivity contribution < 1.29 is 27.5 Å². The molecule has 1 aromatic heterocycles. The summed E-state index contributed by atoms with van der Waals surface area (Å²) < 4.78 is 44.9. The van der Waals surface area contributed by atoms with Crippen LogP contribution in [0.1, 0.15) is 43.2 Å². The third-order valence-electron chi connectivity index (χ3n) is 5.31. The number of hydrogen-bond donors (Lipinski definition) is 2. The molecular weight excluding hydrogens is 481 g/mol. The van der Waals surface area contributed by atoms with E-state index >= 15 is 0 Å². The average Bonchev–Trinajstić information content (AvgIpc) is 3.43. The summed E-state index contributed by atoms with van der Waals surface area (Å²) >= 11 is 1.45. The number of amides is 2. The Kier molecular flexibility index (Phi) is 7.95. The van der Waals surface area contributed by atoms with Crippen LogP contribution in [0.25, 0.3) is 0 Å². The first kappa shape index (κ1) is 26.3. The Hall–Kier alpha value is -3.26. The fraction of sp³-hybridized carbons (Fsp3) is 0.458. The van der Waals surface area contributed by atoms with Gasteiger partial charge in [0, 0.05) is 30.4 Å². The zero-order chi connectivity index (χ0) is 25.8. The van der Waals surface area contributed by atoms with Crippen LogP contribution >= 0.6 is 11.3 Å². The fourth-order valence-electron chi connectivity index (χ4n) is 3.75. The monoisotopic (exact) mass is 508 g/mol. The van der Waals surface area contributed by atoms with E-state index < -0.39 is 35.4 Å². The molecule has 7 nitrogen and oxygen atoms in total. The van der Waals surface area contributed by atoms with Crippen LogP contribution in [0.3, 0.4) is 0 Å². The zero-order valence-corrected chi connectivity index (χ0v) is 20.4. The largest absolute Gasteiger partial charge is 0.444 e. The minimum absolute atomic E-state index is 0.132. The van der Waals surface area contributed by atoms with Crippen molar-refractivity contribution in [2.24, 2.45) is 0 Å². The third-order valence-corrected chi connectivity index (χ3v) is 6.21. The number of nitrogens with one attached hydrogen (secondary N) is 2. The standard InChI is InChI=1S/C24H27F3N4O3S/c1-23(2,3)34-22(33)30-19(12-18-5-4-10-35-18)21(32)29-17-8-9-31(14-17)20-11-16(24(25,26)27)7-6-15(20)13-28/h4-7,10-11,17,19H,8-9,12,14H2,1-3H3,(H,29,32)(H,30,33). The zero-order valence-electron chi connectivity index (χ0n) is 19.6. The summed E-state index contributed by atoms with van der Waals surface area (Å²) in [6, 6.07) is 7.39. The normalized spacial score (nSPS) is 16.9. The maximum absolute atomic E-state index is 13.2. The molecule has 1 aliphatic rings. The second-order valence-electron chi connectivity index (χ2n) is 9.26. The van der Waals surface area contributed by atoms with Crippen LogP contribution in [0.5, 0.6) is 0 Å². The summed E-state index contributed by atoms with van der Waals surface area (Å²) in [5.41, 5.74) is -1.26. The van der Waals surface area contributed by atoms with Gasteiger partial charge in [0.15, 0.2) is 0 Å². The molecule has 2 aromatic rings. The molecule has 1 saturated heterocycles. The van der Waals surface area contributed by atoms with Crippen molar-refractivity contribution in [2.45, 2.75) is 57.5 Å². The lowest BCUT2D eigenvalue weighted by Gasteiger charge is -2.25. The molecule has 11 heteroatoms. The van der Waals surface area contributed by atoms with Gasteiger partial charge in [-0.3, -0.25) is 4.79 Å². The molecule has 0 radical (unpaired) electrons. The Morgan fingerprint density at radius 1 is 1.29 bits per heavy atom. The minimum Gasteiger partial charge on any atom is -0.444 e. The highest BCUT2D eigenvalue weighted by molar-refractivity contribution is 7.09. The molecule has 2 amide bonds. The summed E-state index contributed by atoms with van der Waals surface area (Å²) in [6.07, 6.45) is -4.50. The number of carbonyl (C=O) groups is 2. The average molecular weight is 509 g/mol. The number of anilines is 1. The van der Waals surface area contributed by atoms with Gasteiger partial charge >= 0.3 is 12.3 Å². The lowest BCUT2D eigenvalue weighted by atomic mass is 10.1. The van der Waals surface area contributed by atoms with Gasteiger partial charge in [0.25, 0.3) is 0 Å². The van der Waals surface area contributed by atoms with E-state index in [1.807, 2.05) is 23.6 Å². The SMILES string of the molecule is CC(C)(C)OC(=O)NC(Cc1cccs1)C(=O)NC1CCN(c2cc(C(F)(F)F)ccc2C#N)C1. The lowest BCUT2D eigenvalue weighted by Crippen LogP contribution is -2.52. The van der Waals surface area contributed by atoms with E-state index in [9.17, 15) is 28.0 Å². The van der Waals surface area contributed by atoms with Crippen LogP contribution in [0, 0.1) is 11.3 Å². The van der Waals surface area contributed by atoms with Gasteiger partial charge in [0.2, 0.25) is 5.91 Å². The van der Waals surface area contributed by atoms with Crippen LogP contribution < -0.4 is 15.5 Å². The Labute approximate surface area is 205 Å². The van der Waals surface area contributed by atoms with Crippen LogP contribution in [0.2, 0.25) is 0 Å². The summed E-state index contributed by atoms with van der Waals surface area (Å²) in [5, 5.41) is 16.7. The molecule has 1 aliphatic heterocycles. The molecule has 188 valence electrons. The van der Waals surface area contributed by atoms with Crippen LogP contribution in [-0.2, 0) is 22.1 Å². The first-order valence-corrected chi connectivity index (χ1v) is 11.9. The molecule has 2 atom stereocenters. The van der Waals surface area contributed by atoms with Gasteiger partial charge in [0.05, 0.1) is 16.8 Å². The first-order valence-electron chi connectivity index (χ1n) is 11.0. The molecule has 2 unspecified atom stereocenters. The maximum Gasteiger partial charge on any atom is 0.416 e. The second kappa shape index (κ2) is 10.6. The Balaban J connectivity index is 1.70. The van der Waals surface area contributed by atoms with Gasteiger partial charge in [-0.15, -0.1) is 11.3 Å². The Bertz CT molecular complexity index is 1090. The van der Waals surface area contributed by atoms with E-state index in [1.54, 1.807) is 25.7 Å². The summed E-state index contributed by atoms with van der Waals surface area (Å²) in [6.45, 7) is 5.77. The predicted octanol–water partition coefficient (Wildman–Crippen LogP) is 4.47. The van der Waals surface area contributed by atoms with Crippen LogP contribution in [0.4, 0.5) is 23.7 Å². The first-order chi connectivity index (χ1) is 16.4. The van der Waals surface area contributed by atoms with Crippen LogP contribution in [0.15, 0.2) is 35.7 Å².